The van der Waals surface area contributed by atoms with Crippen LogP contribution in [0, 0.1) is 5.41 Å². The summed E-state index contributed by atoms with van der Waals surface area (Å²) < 4.78 is 12.7. The highest BCUT2D eigenvalue weighted by atomic mass is 19.1. The second-order valence-corrected chi connectivity index (χ2v) is 4.43. The van der Waals surface area contributed by atoms with Crippen molar-refractivity contribution in [2.75, 3.05) is 24.3 Å². The Hall–Kier alpha value is -1.85. The first-order valence-electron chi connectivity index (χ1n) is 5.36. The van der Waals surface area contributed by atoms with E-state index in [4.69, 9.17) is 10.8 Å². The summed E-state index contributed by atoms with van der Waals surface area (Å²) in [4.78, 5) is 14.6. The van der Waals surface area contributed by atoms with E-state index >= 15 is 0 Å². The molecule has 0 unspecified atom stereocenters. The van der Waals surface area contributed by atoms with Crippen LogP contribution in [0.1, 0.15) is 23.3 Å². The van der Waals surface area contributed by atoms with E-state index in [0.717, 1.165) is 12.8 Å². The van der Waals surface area contributed by atoms with Gasteiger partial charge in [0.25, 0.3) is 0 Å². The predicted molar refractivity (Wildman–Crippen MR) is 61.7 cm³/mol. The lowest BCUT2D eigenvalue weighted by molar-refractivity contribution is 0.0690. The number of nitrogen functional groups attached to an aromatic ring is 1. The molecule has 2 rings (SSSR count). The van der Waals surface area contributed by atoms with Crippen molar-refractivity contribution in [1.82, 2.24) is 4.98 Å². The summed E-state index contributed by atoms with van der Waals surface area (Å²) in [5.74, 6) is -0.802. The number of alkyl halides is 1. The van der Waals surface area contributed by atoms with E-state index in [1.165, 1.54) is 12.1 Å². The first-order chi connectivity index (χ1) is 8.06. The van der Waals surface area contributed by atoms with Gasteiger partial charge in [-0.15, -0.1) is 0 Å². The molecule has 0 spiro atoms. The molecular weight excluding hydrogens is 225 g/mol. The molecule has 0 radical (unpaired) electrons. The van der Waals surface area contributed by atoms with Crippen LogP contribution in [0.3, 0.4) is 0 Å². The highest BCUT2D eigenvalue weighted by molar-refractivity contribution is 5.86. The lowest BCUT2D eigenvalue weighted by atomic mass is 10.1. The van der Waals surface area contributed by atoms with E-state index in [9.17, 15) is 9.18 Å². The van der Waals surface area contributed by atoms with Crippen LogP contribution in [0.25, 0.3) is 0 Å². The molecule has 5 nitrogen and oxygen atoms in total. The molecule has 0 bridgehead atoms. The van der Waals surface area contributed by atoms with E-state index in [1.54, 1.807) is 0 Å². The van der Waals surface area contributed by atoms with Crippen molar-refractivity contribution < 1.29 is 14.3 Å². The Morgan fingerprint density at radius 2 is 2.29 bits per heavy atom. The molecule has 1 aliphatic rings. The number of rotatable bonds is 5. The number of aromatic nitrogens is 1. The van der Waals surface area contributed by atoms with E-state index < -0.39 is 5.97 Å². The lowest BCUT2D eigenvalue weighted by Gasteiger charge is -2.13. The molecule has 1 aromatic rings. The molecule has 0 saturated heterocycles. The van der Waals surface area contributed by atoms with Gasteiger partial charge in [-0.3, -0.25) is 4.39 Å². The maximum absolute atomic E-state index is 12.7. The number of carbonyl (C=O) groups is 1. The third kappa shape index (κ3) is 2.46. The summed E-state index contributed by atoms with van der Waals surface area (Å²) in [5.41, 5.74) is 5.66. The van der Waals surface area contributed by atoms with Gasteiger partial charge in [0.1, 0.15) is 5.82 Å². The molecule has 0 aromatic carbocycles. The molecule has 4 N–H and O–H groups in total. The van der Waals surface area contributed by atoms with Crippen molar-refractivity contribution in [3.63, 3.8) is 0 Å². The van der Waals surface area contributed by atoms with Crippen LogP contribution >= 0.6 is 0 Å². The zero-order chi connectivity index (χ0) is 12.5. The monoisotopic (exact) mass is 239 g/mol. The van der Waals surface area contributed by atoms with Gasteiger partial charge < -0.3 is 16.2 Å². The number of nitrogens with zero attached hydrogens (tertiary/aromatic N) is 1. The van der Waals surface area contributed by atoms with Crippen molar-refractivity contribution in [2.45, 2.75) is 12.8 Å². The molecule has 1 saturated carbocycles. The Bertz CT molecular complexity index is 446. The summed E-state index contributed by atoms with van der Waals surface area (Å²) in [6, 6.07) is 2.82. The highest BCUT2D eigenvalue weighted by Gasteiger charge is 2.42. The van der Waals surface area contributed by atoms with Gasteiger partial charge in [-0.25, -0.2) is 9.78 Å². The number of carboxylic acid groups (broad SMARTS) is 1. The van der Waals surface area contributed by atoms with Crippen LogP contribution in [-0.4, -0.2) is 29.3 Å². The number of aromatic carboxylic acids is 1. The standard InChI is InChI=1S/C11H14FN3O2/c12-5-11(3-4-11)6-14-9-7(13)1-2-8(15-9)10(16)17/h1-2H,3-6,13H2,(H,14,15)(H,16,17). The largest absolute Gasteiger partial charge is 0.477 e. The number of hydrogen-bond donors (Lipinski definition) is 3. The first-order valence-corrected chi connectivity index (χ1v) is 5.36. The number of carboxylic acids is 1. The van der Waals surface area contributed by atoms with E-state index in [2.05, 4.69) is 10.3 Å². The maximum Gasteiger partial charge on any atom is 0.354 e. The van der Waals surface area contributed by atoms with Crippen LogP contribution in [0.5, 0.6) is 0 Å². The topological polar surface area (TPSA) is 88.2 Å². The summed E-state index contributed by atoms with van der Waals surface area (Å²) in [7, 11) is 0. The Balaban J connectivity index is 2.09. The summed E-state index contributed by atoms with van der Waals surface area (Å²) in [5, 5.41) is 11.7. The second-order valence-electron chi connectivity index (χ2n) is 4.43. The molecule has 1 aromatic heterocycles. The van der Waals surface area contributed by atoms with Gasteiger partial charge >= 0.3 is 5.97 Å². The molecular formula is C11H14FN3O2. The Morgan fingerprint density at radius 1 is 1.59 bits per heavy atom. The van der Waals surface area contributed by atoms with Crippen molar-refractivity contribution in [3.05, 3.63) is 17.8 Å². The Kier molecular flexibility index (Phi) is 2.87. The van der Waals surface area contributed by atoms with Gasteiger partial charge in [0.05, 0.1) is 12.4 Å². The first kappa shape index (κ1) is 11.6. The Morgan fingerprint density at radius 3 is 2.82 bits per heavy atom. The SMILES string of the molecule is Nc1ccc(C(=O)O)nc1NCC1(CF)CC1. The number of pyridine rings is 1. The van der Waals surface area contributed by atoms with Crippen LogP contribution < -0.4 is 11.1 Å². The smallest absolute Gasteiger partial charge is 0.354 e. The highest BCUT2D eigenvalue weighted by Crippen LogP contribution is 2.45. The summed E-state index contributed by atoms with van der Waals surface area (Å²) in [6.45, 7) is 0.0578. The van der Waals surface area contributed by atoms with E-state index in [1.807, 2.05) is 0 Å². The van der Waals surface area contributed by atoms with Crippen LogP contribution in [-0.2, 0) is 0 Å². The molecule has 92 valence electrons. The van der Waals surface area contributed by atoms with Gasteiger partial charge in [0.2, 0.25) is 0 Å². The van der Waals surface area contributed by atoms with Crippen molar-refractivity contribution in [1.29, 1.82) is 0 Å². The molecule has 17 heavy (non-hydrogen) atoms. The number of halogens is 1. The van der Waals surface area contributed by atoms with Crippen LogP contribution in [0.2, 0.25) is 0 Å². The molecule has 6 heteroatoms. The number of nitrogens with two attached hydrogens (primary N) is 1. The molecule has 1 fully saturated rings. The molecule has 1 aliphatic carbocycles. The van der Waals surface area contributed by atoms with Crippen molar-refractivity contribution >= 4 is 17.5 Å². The maximum atomic E-state index is 12.7. The summed E-state index contributed by atoms with van der Waals surface area (Å²) >= 11 is 0. The van der Waals surface area contributed by atoms with Crippen LogP contribution in [0.4, 0.5) is 15.9 Å². The second kappa shape index (κ2) is 4.20. The minimum absolute atomic E-state index is 0.0770. The van der Waals surface area contributed by atoms with Gasteiger partial charge in [0, 0.05) is 12.0 Å². The predicted octanol–water partition coefficient (Wildman–Crippen LogP) is 1.52. The third-order valence-electron chi connectivity index (χ3n) is 3.02. The minimum Gasteiger partial charge on any atom is -0.477 e. The minimum atomic E-state index is -1.11. The molecule has 0 amide bonds. The third-order valence-corrected chi connectivity index (χ3v) is 3.02. The molecule has 0 aliphatic heterocycles. The van der Waals surface area contributed by atoms with Crippen LogP contribution in [0.15, 0.2) is 12.1 Å². The van der Waals surface area contributed by atoms with Crippen molar-refractivity contribution in [2.24, 2.45) is 5.41 Å². The number of anilines is 2. The average molecular weight is 239 g/mol. The number of hydrogen-bond acceptors (Lipinski definition) is 4. The Labute approximate surface area is 97.8 Å². The zero-order valence-corrected chi connectivity index (χ0v) is 9.24. The molecule has 0 atom stereocenters. The fourth-order valence-electron chi connectivity index (χ4n) is 1.54. The van der Waals surface area contributed by atoms with Crippen molar-refractivity contribution in [3.8, 4) is 0 Å². The normalized spacial score (nSPS) is 16.5. The molecule has 1 heterocycles. The fraction of sp³-hybridized carbons (Fsp3) is 0.455. The zero-order valence-electron chi connectivity index (χ0n) is 9.24. The average Bonchev–Trinajstić information content (AvgIpc) is 3.08. The van der Waals surface area contributed by atoms with Gasteiger partial charge in [-0.2, -0.15) is 0 Å². The van der Waals surface area contributed by atoms with Gasteiger partial charge in [0.15, 0.2) is 5.69 Å². The number of nitrogens with one attached hydrogen (secondary N) is 1. The summed E-state index contributed by atoms with van der Waals surface area (Å²) in [6.07, 6.45) is 1.68. The van der Waals surface area contributed by atoms with E-state index in [0.29, 0.717) is 18.1 Å². The van der Waals surface area contributed by atoms with Gasteiger partial charge in [-0.1, -0.05) is 0 Å². The lowest BCUT2D eigenvalue weighted by Crippen LogP contribution is -2.19. The fourth-order valence-corrected chi connectivity index (χ4v) is 1.54. The quantitative estimate of drug-likeness (QED) is 0.725. The van der Waals surface area contributed by atoms with Gasteiger partial charge in [-0.05, 0) is 25.0 Å². The van der Waals surface area contributed by atoms with E-state index in [-0.39, 0.29) is 17.8 Å².